The van der Waals surface area contributed by atoms with Crippen LogP contribution in [0.4, 0.5) is 5.69 Å². The second kappa shape index (κ2) is 4.56. The Kier molecular flexibility index (Phi) is 3.28. The van der Waals surface area contributed by atoms with E-state index in [4.69, 9.17) is 0 Å². The van der Waals surface area contributed by atoms with Crippen LogP contribution in [0.1, 0.15) is 51.7 Å². The lowest BCUT2D eigenvalue weighted by atomic mass is 9.90. The number of benzene rings is 1. The second-order valence-electron chi connectivity index (χ2n) is 5.66. The molecule has 0 amide bonds. The van der Waals surface area contributed by atoms with E-state index in [0.717, 1.165) is 0 Å². The molecule has 0 spiro atoms. The van der Waals surface area contributed by atoms with Gasteiger partial charge in [-0.2, -0.15) is 0 Å². The van der Waals surface area contributed by atoms with Crippen molar-refractivity contribution in [2.24, 2.45) is 0 Å². The number of nitrogens with one attached hydrogen (secondary N) is 1. The molecule has 0 aromatic heterocycles. The summed E-state index contributed by atoms with van der Waals surface area (Å²) >= 11 is 0. The van der Waals surface area contributed by atoms with E-state index in [1.165, 1.54) is 41.6 Å². The summed E-state index contributed by atoms with van der Waals surface area (Å²) in [5.41, 5.74) is 5.57. The molecule has 1 aromatic carbocycles. The Morgan fingerprint density at radius 2 is 2.00 bits per heavy atom. The van der Waals surface area contributed by atoms with Crippen molar-refractivity contribution in [3.05, 3.63) is 35.4 Å². The van der Waals surface area contributed by atoms with Gasteiger partial charge in [-0.25, -0.2) is 0 Å². The Labute approximate surface area is 105 Å². The number of anilines is 1. The van der Waals surface area contributed by atoms with Gasteiger partial charge in [0.15, 0.2) is 0 Å². The minimum Gasteiger partial charge on any atom is -0.376 e. The summed E-state index contributed by atoms with van der Waals surface area (Å²) in [6.07, 6.45) is 6.05. The first-order valence-electron chi connectivity index (χ1n) is 6.63. The maximum Gasteiger partial charge on any atom is 0.0505 e. The van der Waals surface area contributed by atoms with Crippen molar-refractivity contribution < 1.29 is 0 Å². The molecule has 92 valence electrons. The third-order valence-corrected chi connectivity index (χ3v) is 3.36. The van der Waals surface area contributed by atoms with Crippen LogP contribution in [-0.4, -0.2) is 5.54 Å². The van der Waals surface area contributed by atoms with Crippen molar-refractivity contribution in [1.29, 1.82) is 0 Å². The highest BCUT2D eigenvalue weighted by molar-refractivity contribution is 5.80. The fourth-order valence-electron chi connectivity index (χ4n) is 2.57. The number of allylic oxidation sites excluding steroid dienone is 1. The van der Waals surface area contributed by atoms with E-state index in [2.05, 4.69) is 57.3 Å². The van der Waals surface area contributed by atoms with E-state index in [-0.39, 0.29) is 5.54 Å². The Hall–Kier alpha value is -1.24. The smallest absolute Gasteiger partial charge is 0.0505 e. The summed E-state index contributed by atoms with van der Waals surface area (Å²) in [6.45, 7) is 8.88. The lowest BCUT2D eigenvalue weighted by molar-refractivity contribution is 0.707. The Morgan fingerprint density at radius 3 is 2.71 bits per heavy atom. The normalized spacial score (nSPS) is 17.1. The molecular weight excluding hydrogens is 206 g/mol. The zero-order chi connectivity index (χ0) is 12.5. The molecule has 1 N–H and O–H groups in total. The molecule has 0 aliphatic carbocycles. The van der Waals surface area contributed by atoms with Gasteiger partial charge in [0.2, 0.25) is 0 Å². The molecule has 0 atom stereocenters. The van der Waals surface area contributed by atoms with Crippen LogP contribution in [0.15, 0.2) is 24.3 Å². The number of hydrogen-bond donors (Lipinski definition) is 1. The average molecular weight is 229 g/mol. The summed E-state index contributed by atoms with van der Waals surface area (Å²) < 4.78 is 0. The number of hydrogen-bond acceptors (Lipinski definition) is 1. The van der Waals surface area contributed by atoms with Gasteiger partial charge in [-0.15, -0.1) is 0 Å². The van der Waals surface area contributed by atoms with Crippen molar-refractivity contribution in [1.82, 2.24) is 0 Å². The van der Waals surface area contributed by atoms with Gasteiger partial charge < -0.3 is 5.32 Å². The molecule has 1 aliphatic rings. The molecule has 1 nitrogen and oxygen atoms in total. The van der Waals surface area contributed by atoms with Gasteiger partial charge in [-0.3, -0.25) is 0 Å². The monoisotopic (exact) mass is 229 g/mol. The molecule has 0 saturated carbocycles. The number of fused-ring (bicyclic) bond motifs is 1. The molecule has 1 aliphatic heterocycles. The fraction of sp³-hybridized carbons (Fsp3) is 0.500. The van der Waals surface area contributed by atoms with Crippen LogP contribution in [0.5, 0.6) is 0 Å². The van der Waals surface area contributed by atoms with Gasteiger partial charge in [-0.05, 0) is 56.9 Å². The number of unbranched alkanes of at least 4 members (excludes halogenated alkanes) is 1. The summed E-state index contributed by atoms with van der Waals surface area (Å²) in [5.74, 6) is 0. The van der Waals surface area contributed by atoms with E-state index in [9.17, 15) is 0 Å². The number of aryl methyl sites for hydroxylation is 1. The zero-order valence-electron chi connectivity index (χ0n) is 11.4. The van der Waals surface area contributed by atoms with Gasteiger partial charge in [0.1, 0.15) is 0 Å². The van der Waals surface area contributed by atoms with E-state index in [0.29, 0.717) is 0 Å². The van der Waals surface area contributed by atoms with Crippen LogP contribution < -0.4 is 5.32 Å². The minimum absolute atomic E-state index is 0.0714. The summed E-state index contributed by atoms with van der Waals surface area (Å²) in [7, 11) is 0. The van der Waals surface area contributed by atoms with Gasteiger partial charge in [0.05, 0.1) is 5.54 Å². The zero-order valence-corrected chi connectivity index (χ0v) is 11.4. The van der Waals surface area contributed by atoms with Gasteiger partial charge in [0, 0.05) is 11.3 Å². The molecule has 0 bridgehead atoms. The molecule has 1 heteroatoms. The maximum absolute atomic E-state index is 3.57. The first kappa shape index (κ1) is 12.2. The van der Waals surface area contributed by atoms with E-state index >= 15 is 0 Å². The highest BCUT2D eigenvalue weighted by Gasteiger charge is 2.22. The minimum atomic E-state index is 0.0714. The maximum atomic E-state index is 3.57. The molecule has 2 rings (SSSR count). The Bertz CT molecular complexity index is 441. The van der Waals surface area contributed by atoms with E-state index < -0.39 is 0 Å². The highest BCUT2D eigenvalue weighted by Crippen LogP contribution is 2.34. The number of rotatable bonds is 3. The van der Waals surface area contributed by atoms with Crippen molar-refractivity contribution >= 4 is 11.3 Å². The van der Waals surface area contributed by atoms with Crippen LogP contribution in [0, 0.1) is 0 Å². The van der Waals surface area contributed by atoms with Gasteiger partial charge in [-0.1, -0.05) is 25.5 Å². The van der Waals surface area contributed by atoms with Crippen molar-refractivity contribution in [3.8, 4) is 0 Å². The van der Waals surface area contributed by atoms with Crippen LogP contribution in [0.25, 0.3) is 5.57 Å². The molecule has 0 radical (unpaired) electrons. The predicted octanol–water partition coefficient (Wildman–Crippen LogP) is 4.64. The third-order valence-electron chi connectivity index (χ3n) is 3.36. The molecule has 17 heavy (non-hydrogen) atoms. The predicted molar refractivity (Wildman–Crippen MR) is 76.4 cm³/mol. The second-order valence-corrected chi connectivity index (χ2v) is 5.66. The summed E-state index contributed by atoms with van der Waals surface area (Å²) in [4.78, 5) is 0. The molecular formula is C16H23N. The Morgan fingerprint density at radius 1 is 1.24 bits per heavy atom. The Balaban J connectivity index is 2.31. The van der Waals surface area contributed by atoms with E-state index in [1.54, 1.807) is 0 Å². The molecule has 0 unspecified atom stereocenters. The topological polar surface area (TPSA) is 12.0 Å². The third kappa shape index (κ3) is 2.71. The van der Waals surface area contributed by atoms with Gasteiger partial charge >= 0.3 is 0 Å². The SMILES string of the molecule is CCCCc1ccc2c(c1)C(C)=CC(C)(C)N2. The van der Waals surface area contributed by atoms with Crippen LogP contribution in [-0.2, 0) is 6.42 Å². The molecule has 0 saturated heterocycles. The van der Waals surface area contributed by atoms with Gasteiger partial charge in [0.25, 0.3) is 0 Å². The quantitative estimate of drug-likeness (QED) is 0.796. The highest BCUT2D eigenvalue weighted by atomic mass is 15.0. The largest absolute Gasteiger partial charge is 0.376 e. The first-order valence-corrected chi connectivity index (χ1v) is 6.63. The molecule has 0 fully saturated rings. The molecule has 1 heterocycles. The van der Waals surface area contributed by atoms with Crippen LogP contribution in [0.3, 0.4) is 0 Å². The van der Waals surface area contributed by atoms with Crippen molar-refractivity contribution in [2.45, 2.75) is 52.5 Å². The molecule has 1 aromatic rings. The standard InChI is InChI=1S/C16H23N/c1-5-6-7-13-8-9-15-14(10-13)12(2)11-16(3,4)17-15/h8-11,17H,5-7H2,1-4H3. The fourth-order valence-corrected chi connectivity index (χ4v) is 2.57. The van der Waals surface area contributed by atoms with Crippen LogP contribution in [0.2, 0.25) is 0 Å². The first-order chi connectivity index (χ1) is 8.02. The lowest BCUT2D eigenvalue weighted by Crippen LogP contribution is -2.31. The van der Waals surface area contributed by atoms with Crippen molar-refractivity contribution in [2.75, 3.05) is 5.32 Å². The summed E-state index contributed by atoms with van der Waals surface area (Å²) in [6, 6.07) is 6.84. The lowest BCUT2D eigenvalue weighted by Gasteiger charge is -2.31. The average Bonchev–Trinajstić information content (AvgIpc) is 2.25. The van der Waals surface area contributed by atoms with Crippen molar-refractivity contribution in [3.63, 3.8) is 0 Å². The van der Waals surface area contributed by atoms with E-state index in [1.807, 2.05) is 0 Å². The summed E-state index contributed by atoms with van der Waals surface area (Å²) in [5, 5.41) is 3.57. The van der Waals surface area contributed by atoms with Crippen LogP contribution >= 0.6 is 0 Å².